The molecule has 11 heavy (non-hydrogen) atoms. The van der Waals surface area contributed by atoms with E-state index in [0.29, 0.717) is 6.42 Å². The van der Waals surface area contributed by atoms with Gasteiger partial charge < -0.3 is 19.3 Å². The van der Waals surface area contributed by atoms with Crippen molar-refractivity contribution in [2.24, 2.45) is 0 Å². The molecule has 4 nitrogen and oxygen atoms in total. The Kier molecular flexibility index (Phi) is 4.60. The quantitative estimate of drug-likeness (QED) is 0.596. The normalized spacial score (nSPS) is 15.0. The summed E-state index contributed by atoms with van der Waals surface area (Å²) in [6.45, 7) is 1.82. The van der Waals surface area contributed by atoms with Crippen LogP contribution >= 0.6 is 0 Å². The molecule has 0 radical (unpaired) electrons. The number of aliphatic hydroxyl groups is 1. The molecule has 0 saturated heterocycles. The Bertz CT molecular complexity index is 92.3. The number of ether oxygens (including phenoxy) is 3. The molecule has 0 aliphatic heterocycles. The third-order valence-corrected chi connectivity index (χ3v) is 1.65. The van der Waals surface area contributed by atoms with Gasteiger partial charge in [0.05, 0.1) is 0 Å². The summed E-state index contributed by atoms with van der Waals surface area (Å²) in [7, 11) is 4.27. The van der Waals surface area contributed by atoms with Crippen LogP contribution in [0, 0.1) is 0 Å². The van der Waals surface area contributed by atoms with Gasteiger partial charge in [0.25, 0.3) is 0 Å². The highest BCUT2D eigenvalue weighted by molar-refractivity contribution is 4.66. The molecule has 4 heteroatoms. The van der Waals surface area contributed by atoms with Crippen LogP contribution in [0.1, 0.15) is 13.3 Å². The zero-order valence-corrected chi connectivity index (χ0v) is 7.46. The Morgan fingerprint density at radius 1 is 1.18 bits per heavy atom. The first-order valence-electron chi connectivity index (χ1n) is 3.50. The molecular weight excluding hydrogens is 148 g/mol. The largest absolute Gasteiger partial charge is 0.385 e. The lowest BCUT2D eigenvalue weighted by atomic mass is 10.2. The fraction of sp³-hybridized carbons (Fsp3) is 1.00. The average molecular weight is 164 g/mol. The maximum absolute atomic E-state index is 9.39. The van der Waals surface area contributed by atoms with Gasteiger partial charge in [-0.15, -0.1) is 0 Å². The molecule has 0 aromatic heterocycles. The van der Waals surface area contributed by atoms with Crippen molar-refractivity contribution in [3.05, 3.63) is 0 Å². The minimum Gasteiger partial charge on any atom is -0.385 e. The zero-order chi connectivity index (χ0) is 8.91. The van der Waals surface area contributed by atoms with Crippen molar-refractivity contribution in [3.8, 4) is 0 Å². The van der Waals surface area contributed by atoms with Crippen molar-refractivity contribution in [3.63, 3.8) is 0 Å². The summed E-state index contributed by atoms with van der Waals surface area (Å²) in [5.74, 6) is -1.31. The van der Waals surface area contributed by atoms with Crippen LogP contribution in [0.15, 0.2) is 0 Å². The molecule has 0 aliphatic carbocycles. The minimum absolute atomic E-state index is 0.509. The first-order valence-corrected chi connectivity index (χ1v) is 3.50. The van der Waals surface area contributed by atoms with E-state index in [1.807, 2.05) is 6.92 Å². The predicted molar refractivity (Wildman–Crippen MR) is 40.1 cm³/mol. The summed E-state index contributed by atoms with van der Waals surface area (Å²) < 4.78 is 14.7. The number of rotatable bonds is 5. The van der Waals surface area contributed by atoms with E-state index in [2.05, 4.69) is 0 Å². The second kappa shape index (κ2) is 4.66. The molecule has 0 saturated carbocycles. The van der Waals surface area contributed by atoms with Gasteiger partial charge >= 0.3 is 5.97 Å². The fourth-order valence-electron chi connectivity index (χ4n) is 0.908. The Morgan fingerprint density at radius 2 is 1.55 bits per heavy atom. The Morgan fingerprint density at radius 3 is 1.64 bits per heavy atom. The summed E-state index contributed by atoms with van der Waals surface area (Å²) in [5, 5.41) is 9.39. The molecule has 0 aliphatic rings. The zero-order valence-electron chi connectivity index (χ0n) is 7.46. The molecule has 0 aromatic carbocycles. The number of aliphatic hydroxyl groups excluding tert-OH is 1. The molecule has 68 valence electrons. The van der Waals surface area contributed by atoms with E-state index in [-0.39, 0.29) is 0 Å². The van der Waals surface area contributed by atoms with Crippen molar-refractivity contribution in [2.75, 3.05) is 21.3 Å². The van der Waals surface area contributed by atoms with Gasteiger partial charge in [0.2, 0.25) is 0 Å². The third-order valence-electron chi connectivity index (χ3n) is 1.65. The Labute approximate surface area is 67.1 Å². The Balaban J connectivity index is 4.26. The molecule has 0 rings (SSSR count). The molecule has 1 atom stereocenters. The van der Waals surface area contributed by atoms with E-state index in [9.17, 15) is 5.11 Å². The lowest BCUT2D eigenvalue weighted by Gasteiger charge is -2.32. The van der Waals surface area contributed by atoms with Gasteiger partial charge in [-0.2, -0.15) is 0 Å². The highest BCUT2D eigenvalue weighted by Crippen LogP contribution is 2.19. The van der Waals surface area contributed by atoms with Crippen molar-refractivity contribution in [2.45, 2.75) is 25.4 Å². The van der Waals surface area contributed by atoms with E-state index in [1.54, 1.807) is 0 Å². The maximum atomic E-state index is 9.39. The fourth-order valence-corrected chi connectivity index (χ4v) is 0.908. The molecule has 1 unspecified atom stereocenters. The van der Waals surface area contributed by atoms with E-state index < -0.39 is 12.1 Å². The van der Waals surface area contributed by atoms with Crippen LogP contribution in [0.4, 0.5) is 0 Å². The van der Waals surface area contributed by atoms with E-state index >= 15 is 0 Å². The number of hydrogen-bond acceptors (Lipinski definition) is 4. The van der Waals surface area contributed by atoms with E-state index in [0.717, 1.165) is 0 Å². The highest BCUT2D eigenvalue weighted by atomic mass is 16.9. The van der Waals surface area contributed by atoms with Crippen LogP contribution in [0.5, 0.6) is 0 Å². The molecule has 0 spiro atoms. The van der Waals surface area contributed by atoms with Crippen LogP contribution in [-0.4, -0.2) is 38.5 Å². The first-order chi connectivity index (χ1) is 5.16. The van der Waals surface area contributed by atoms with Gasteiger partial charge in [-0.05, 0) is 6.42 Å². The Hall–Kier alpha value is -0.160. The van der Waals surface area contributed by atoms with Crippen molar-refractivity contribution < 1.29 is 19.3 Å². The van der Waals surface area contributed by atoms with Crippen LogP contribution in [0.2, 0.25) is 0 Å². The van der Waals surface area contributed by atoms with Crippen molar-refractivity contribution >= 4 is 0 Å². The molecule has 0 heterocycles. The van der Waals surface area contributed by atoms with Crippen LogP contribution < -0.4 is 0 Å². The van der Waals surface area contributed by atoms with Crippen LogP contribution in [0.3, 0.4) is 0 Å². The van der Waals surface area contributed by atoms with Gasteiger partial charge in [0.15, 0.2) is 0 Å². The number of hydrogen-bond donors (Lipinski definition) is 1. The summed E-state index contributed by atoms with van der Waals surface area (Å²) in [6, 6.07) is 0. The van der Waals surface area contributed by atoms with Gasteiger partial charge in [-0.25, -0.2) is 0 Å². The second-order valence-electron chi connectivity index (χ2n) is 2.14. The summed E-state index contributed by atoms with van der Waals surface area (Å²) >= 11 is 0. The van der Waals surface area contributed by atoms with E-state index in [4.69, 9.17) is 14.2 Å². The van der Waals surface area contributed by atoms with Crippen molar-refractivity contribution in [1.82, 2.24) is 0 Å². The highest BCUT2D eigenvalue weighted by Gasteiger charge is 2.37. The molecule has 0 bridgehead atoms. The number of methoxy groups -OCH3 is 3. The molecule has 0 fully saturated rings. The summed E-state index contributed by atoms with van der Waals surface area (Å²) in [6.07, 6.45) is -0.266. The lowest BCUT2D eigenvalue weighted by Crippen LogP contribution is -2.47. The molecule has 0 amide bonds. The van der Waals surface area contributed by atoms with E-state index in [1.165, 1.54) is 21.3 Å². The molecule has 0 aromatic rings. The minimum atomic E-state index is -1.31. The SMILES string of the molecule is CCC(O)C(OC)(OC)OC. The van der Waals surface area contributed by atoms with Crippen LogP contribution in [-0.2, 0) is 14.2 Å². The lowest BCUT2D eigenvalue weighted by molar-refractivity contribution is -0.388. The molecule has 1 N–H and O–H groups in total. The first kappa shape index (κ1) is 10.8. The standard InChI is InChI=1S/C7H16O4/c1-5-6(8)7(9-2,10-3)11-4/h6,8H,5H2,1-4H3. The van der Waals surface area contributed by atoms with Crippen molar-refractivity contribution in [1.29, 1.82) is 0 Å². The maximum Gasteiger partial charge on any atom is 0.309 e. The summed E-state index contributed by atoms with van der Waals surface area (Å²) in [4.78, 5) is 0. The van der Waals surface area contributed by atoms with Gasteiger partial charge in [0.1, 0.15) is 6.10 Å². The third kappa shape index (κ3) is 2.13. The predicted octanol–water partition coefficient (Wildman–Crippen LogP) is 0.350. The summed E-state index contributed by atoms with van der Waals surface area (Å²) in [5.41, 5.74) is 0. The molecular formula is C7H16O4. The smallest absolute Gasteiger partial charge is 0.309 e. The van der Waals surface area contributed by atoms with Gasteiger partial charge in [-0.3, -0.25) is 0 Å². The monoisotopic (exact) mass is 164 g/mol. The van der Waals surface area contributed by atoms with Gasteiger partial charge in [-0.1, -0.05) is 6.92 Å². The van der Waals surface area contributed by atoms with Crippen LogP contribution in [0.25, 0.3) is 0 Å². The topological polar surface area (TPSA) is 47.9 Å². The average Bonchev–Trinajstić information content (AvgIpc) is 2.08. The van der Waals surface area contributed by atoms with Gasteiger partial charge in [0, 0.05) is 21.3 Å². The second-order valence-corrected chi connectivity index (χ2v) is 2.14.